The van der Waals surface area contributed by atoms with Gasteiger partial charge in [0.2, 0.25) is 0 Å². The summed E-state index contributed by atoms with van der Waals surface area (Å²) in [5.74, 6) is 0.733. The Morgan fingerprint density at radius 3 is 1.95 bits per heavy atom. The van der Waals surface area contributed by atoms with Gasteiger partial charge in [-0.1, -0.05) is 85.5 Å². The molecule has 0 aliphatic carbocycles. The van der Waals surface area contributed by atoms with Crippen LogP contribution in [0.1, 0.15) is 28.5 Å². The number of hydrogen-bond donors (Lipinski definition) is 1. The first-order chi connectivity index (χ1) is 18.9. The molecule has 2 atom stereocenters. The van der Waals surface area contributed by atoms with Crippen LogP contribution in [0, 0.1) is 6.92 Å². The zero-order valence-electron chi connectivity index (χ0n) is 22.1. The van der Waals surface area contributed by atoms with Crippen molar-refractivity contribution in [3.63, 3.8) is 0 Å². The summed E-state index contributed by atoms with van der Waals surface area (Å²) in [7, 11) is 1.63. The van der Waals surface area contributed by atoms with E-state index in [1.807, 2.05) is 84.9 Å². The van der Waals surface area contributed by atoms with Crippen molar-refractivity contribution in [2.75, 3.05) is 13.7 Å². The van der Waals surface area contributed by atoms with Gasteiger partial charge in [0, 0.05) is 11.8 Å². The Bertz CT molecular complexity index is 1470. The van der Waals surface area contributed by atoms with Crippen LogP contribution in [0.2, 0.25) is 0 Å². The molecule has 0 saturated heterocycles. The first kappa shape index (κ1) is 27.6. The molecule has 1 aromatic heterocycles. The van der Waals surface area contributed by atoms with Gasteiger partial charge in [0.15, 0.2) is 6.23 Å². The number of hydrogen-bond acceptors (Lipinski definition) is 5. The predicted molar refractivity (Wildman–Crippen MR) is 152 cm³/mol. The number of rotatable bonds is 12. The number of methoxy groups -OCH3 is 1. The Morgan fingerprint density at radius 1 is 0.872 bits per heavy atom. The molecule has 39 heavy (non-hydrogen) atoms. The summed E-state index contributed by atoms with van der Waals surface area (Å²) in [4.78, 5) is 26.7. The molecule has 0 bridgehead atoms. The van der Waals surface area contributed by atoms with Crippen LogP contribution in [0.3, 0.4) is 0 Å². The zero-order valence-corrected chi connectivity index (χ0v) is 22.1. The molecule has 0 radical (unpaired) electrons. The number of aryl methyl sites for hydroxylation is 1. The van der Waals surface area contributed by atoms with Gasteiger partial charge in [0.25, 0.3) is 5.56 Å². The largest absolute Gasteiger partial charge is 0.497 e. The average molecular weight is 533 g/mol. The van der Waals surface area contributed by atoms with Gasteiger partial charge in [-0.05, 0) is 41.8 Å². The van der Waals surface area contributed by atoms with Gasteiger partial charge in [-0.3, -0.25) is 14.3 Å². The van der Waals surface area contributed by atoms with Gasteiger partial charge < -0.3 is 14.2 Å². The van der Waals surface area contributed by atoms with Gasteiger partial charge in [0.05, 0.1) is 13.7 Å². The monoisotopic (exact) mass is 532 g/mol. The minimum Gasteiger partial charge on any atom is -0.497 e. The number of benzene rings is 3. The van der Waals surface area contributed by atoms with E-state index >= 15 is 0 Å². The fraction of sp³-hybridized carbons (Fsp3) is 0.188. The number of nitrogens with one attached hydrogen (secondary N) is 1. The molecular weight excluding hydrogens is 500 g/mol. The van der Waals surface area contributed by atoms with Crippen LogP contribution >= 0.6 is 0 Å². The quantitative estimate of drug-likeness (QED) is 0.156. The third kappa shape index (κ3) is 5.85. The number of aromatic nitrogens is 2. The van der Waals surface area contributed by atoms with Crippen LogP contribution in [0.15, 0.2) is 126 Å². The second-order valence-electron chi connectivity index (χ2n) is 8.97. The number of ether oxygens (including phenoxy) is 3. The molecule has 200 valence electrons. The van der Waals surface area contributed by atoms with E-state index in [-0.39, 0.29) is 6.61 Å². The maximum atomic E-state index is 12.5. The van der Waals surface area contributed by atoms with E-state index in [4.69, 9.17) is 14.2 Å². The van der Waals surface area contributed by atoms with Crippen molar-refractivity contribution in [3.05, 3.63) is 160 Å². The fourth-order valence-corrected chi connectivity index (χ4v) is 4.48. The lowest BCUT2D eigenvalue weighted by Gasteiger charge is -2.37. The molecule has 0 fully saturated rings. The summed E-state index contributed by atoms with van der Waals surface area (Å²) in [6.07, 6.45) is 3.07. The number of aromatic amines is 1. The van der Waals surface area contributed by atoms with Crippen LogP contribution < -0.4 is 16.0 Å². The van der Waals surface area contributed by atoms with E-state index in [1.54, 1.807) is 20.1 Å². The molecule has 0 aliphatic heterocycles. The fourth-order valence-electron chi connectivity index (χ4n) is 4.48. The molecule has 3 aromatic carbocycles. The lowest BCUT2D eigenvalue weighted by molar-refractivity contribution is -0.0791. The van der Waals surface area contributed by atoms with Crippen LogP contribution in [0.5, 0.6) is 5.75 Å². The molecule has 4 rings (SSSR count). The average Bonchev–Trinajstić information content (AvgIpc) is 2.98. The second-order valence-corrected chi connectivity index (χ2v) is 8.97. The lowest BCUT2D eigenvalue weighted by atomic mass is 9.80. The molecular formula is C32H32N2O5. The standard InChI is InChI=1S/C32H32N2O5/c1-5-27(39-29(6-2)34-21-23(3)30(35)33-31(34)36)22-38-32(24-13-9-7-10-14-24,25-15-11-8-12-16-25)26-17-19-28(37-4)20-18-26/h5-21,27,29H,1-2,22H2,3-4H3,(H,33,35,36)/t27-,29+/m0/s1/i5+1,6+1,21+1,22+1,27+1,29+1,33+1,34+1. The van der Waals surface area contributed by atoms with Crippen molar-refractivity contribution in [2.45, 2.75) is 24.9 Å². The summed E-state index contributed by atoms with van der Waals surface area (Å²) in [6.45, 7) is 9.47. The molecule has 7 nitrogen and oxygen atoms in total. The Kier molecular flexibility index (Phi) is 8.76. The van der Waals surface area contributed by atoms with Crippen molar-refractivity contribution in [1.82, 2.24) is 9.55 Å². The molecule has 7 heteroatoms. The van der Waals surface area contributed by atoms with Crippen molar-refractivity contribution >= 4 is 0 Å². The molecule has 4 aromatic rings. The maximum Gasteiger partial charge on any atom is 0.330 e. The van der Waals surface area contributed by atoms with Crippen molar-refractivity contribution in [1.29, 1.82) is 0 Å². The molecule has 1 N–H and O–H groups in total. The second kappa shape index (κ2) is 12.4. The number of H-pyrrole nitrogens is 1. The van der Waals surface area contributed by atoms with E-state index in [0.717, 1.165) is 22.4 Å². The third-order valence-electron chi connectivity index (χ3n) is 6.52. The van der Waals surface area contributed by atoms with Crippen LogP contribution in [0.25, 0.3) is 0 Å². The summed E-state index contributed by atoms with van der Waals surface area (Å²) < 4.78 is 19.7. The zero-order chi connectivity index (χ0) is 27.8. The normalized spacial score (nSPS) is 12.9. The van der Waals surface area contributed by atoms with Crippen LogP contribution in [-0.4, -0.2) is 29.4 Å². The lowest BCUT2D eigenvalue weighted by Crippen LogP contribution is -2.38. The highest BCUT2D eigenvalue weighted by Crippen LogP contribution is 2.41. The van der Waals surface area contributed by atoms with Crippen molar-refractivity contribution < 1.29 is 14.2 Å². The molecule has 0 spiro atoms. The Balaban J connectivity index is 1.74. The maximum absolute atomic E-state index is 12.5. The van der Waals surface area contributed by atoms with E-state index in [2.05, 4.69) is 18.1 Å². The summed E-state index contributed by atoms with van der Waals surface area (Å²) in [5.41, 5.74) is 1.10. The smallest absolute Gasteiger partial charge is 0.330 e. The summed E-state index contributed by atoms with van der Waals surface area (Å²) in [6, 6.07) is 27.7. The Hall–Kier alpha value is -4.46. The SMILES string of the molecule is C=[13CH][13C@@H]([13CH2]OC(c1ccccc1)(c1ccccc1)c1ccc(OC)cc1)O[13C@H]([13CH]=C)[15n]1[13cH]c(C)c(=O)[15nH]c1=O. The van der Waals surface area contributed by atoms with E-state index in [9.17, 15) is 9.59 Å². The Labute approximate surface area is 227 Å². The van der Waals surface area contributed by atoms with Crippen molar-refractivity contribution in [3.8, 4) is 5.75 Å². The number of nitrogens with zero attached hydrogens (tertiary/aromatic N) is 1. The van der Waals surface area contributed by atoms with Crippen LogP contribution in [0.4, 0.5) is 0 Å². The predicted octanol–water partition coefficient (Wildman–Crippen LogP) is 5.12. The van der Waals surface area contributed by atoms with E-state index in [1.165, 1.54) is 16.8 Å². The van der Waals surface area contributed by atoms with Gasteiger partial charge in [-0.15, -0.1) is 6.58 Å². The molecule has 1 heterocycles. The highest BCUT2D eigenvalue weighted by molar-refractivity contribution is 5.48. The minimum atomic E-state index is -0.992. The summed E-state index contributed by atoms with van der Waals surface area (Å²) >= 11 is 0. The Morgan fingerprint density at radius 2 is 1.44 bits per heavy atom. The van der Waals surface area contributed by atoms with Gasteiger partial charge in [-0.2, -0.15) is 0 Å². The van der Waals surface area contributed by atoms with Gasteiger partial charge in [0.1, 0.15) is 17.5 Å². The molecule has 0 unspecified atom stereocenters. The summed E-state index contributed by atoms with van der Waals surface area (Å²) in [5, 5.41) is 0. The molecule has 0 aliphatic rings. The van der Waals surface area contributed by atoms with E-state index < -0.39 is 29.2 Å². The first-order valence-corrected chi connectivity index (χ1v) is 12.5. The molecule has 0 saturated carbocycles. The highest BCUT2D eigenvalue weighted by Gasteiger charge is 2.38. The highest BCUT2D eigenvalue weighted by atomic mass is 16.7. The minimum absolute atomic E-state index is 0.0980. The first-order valence-electron chi connectivity index (χ1n) is 12.5. The molecule has 0 amide bonds. The van der Waals surface area contributed by atoms with Gasteiger partial charge >= 0.3 is 5.69 Å². The van der Waals surface area contributed by atoms with E-state index in [0.29, 0.717) is 5.56 Å². The topological polar surface area (TPSA) is 82.6 Å². The van der Waals surface area contributed by atoms with Gasteiger partial charge in [-0.25, -0.2) is 4.79 Å². The van der Waals surface area contributed by atoms with Crippen molar-refractivity contribution in [2.24, 2.45) is 0 Å². The van der Waals surface area contributed by atoms with Crippen LogP contribution in [-0.2, 0) is 15.1 Å². The third-order valence-corrected chi connectivity index (χ3v) is 6.52.